The van der Waals surface area contributed by atoms with Gasteiger partial charge in [-0.15, -0.1) is 0 Å². The molecule has 342 valence electrons. The standard InChI is InChI=1S/C70H46N2O/c1-2-15-47(16-3-1)53-37-44-60(68(46-53)72-66-28-9-6-22-62(66)63-23-7-10-29-67(63)72)51-35-42-57(43-36-51)71(56-40-33-50(34-41-56)59-25-13-18-49-17-4-5-21-58(49)59)55-38-31-48(32-39-55)52-19-12-20-54(45-52)61-26-14-27-65-64-24-8-11-30-69(64)73-70(61)65/h1-46H. The highest BCUT2D eigenvalue weighted by molar-refractivity contribution is 6.11. The van der Waals surface area contributed by atoms with E-state index in [4.69, 9.17) is 4.42 Å². The molecule has 0 aliphatic heterocycles. The molecular formula is C70H46N2O. The first-order valence-electron chi connectivity index (χ1n) is 25.0. The van der Waals surface area contributed by atoms with Crippen LogP contribution in [-0.4, -0.2) is 4.57 Å². The molecule has 0 radical (unpaired) electrons. The third-order valence-electron chi connectivity index (χ3n) is 14.6. The molecule has 0 saturated heterocycles. The number of hydrogen-bond donors (Lipinski definition) is 0. The Hall–Kier alpha value is -9.70. The second kappa shape index (κ2) is 17.6. The highest BCUT2D eigenvalue weighted by atomic mass is 16.3. The molecule has 14 aromatic rings. The van der Waals surface area contributed by atoms with Crippen LogP contribution in [-0.2, 0) is 0 Å². The van der Waals surface area contributed by atoms with Gasteiger partial charge in [0.2, 0.25) is 0 Å². The number of furan rings is 1. The third kappa shape index (κ3) is 7.37. The van der Waals surface area contributed by atoms with Gasteiger partial charge in [0.25, 0.3) is 0 Å². The largest absolute Gasteiger partial charge is 0.455 e. The SMILES string of the molecule is c1ccc(-c2ccc(-c3ccc(N(c4ccc(-c5cccc(-c6cccc7c6oc6ccccc67)c5)cc4)c4ccc(-c5cccc6ccccc56)cc4)cc3)c(-n3c4ccccc4c4ccccc43)c2)cc1. The molecule has 0 N–H and O–H groups in total. The van der Waals surface area contributed by atoms with Crippen LogP contribution in [0, 0.1) is 0 Å². The number of nitrogens with zero attached hydrogens (tertiary/aromatic N) is 2. The van der Waals surface area contributed by atoms with Crippen molar-refractivity contribution in [1.82, 2.24) is 4.57 Å². The maximum atomic E-state index is 6.46. The van der Waals surface area contributed by atoms with Gasteiger partial charge in [0.15, 0.2) is 0 Å². The molecule has 0 saturated carbocycles. The third-order valence-corrected chi connectivity index (χ3v) is 14.6. The molecular weight excluding hydrogens is 885 g/mol. The fourth-order valence-corrected chi connectivity index (χ4v) is 11.1. The van der Waals surface area contributed by atoms with Crippen molar-refractivity contribution in [3.63, 3.8) is 0 Å². The molecule has 0 atom stereocenters. The molecule has 0 spiro atoms. The van der Waals surface area contributed by atoms with Crippen LogP contribution >= 0.6 is 0 Å². The smallest absolute Gasteiger partial charge is 0.143 e. The summed E-state index contributed by atoms with van der Waals surface area (Å²) in [6, 6.07) is 101. The molecule has 0 aliphatic rings. The molecule has 2 aromatic heterocycles. The molecule has 0 aliphatic carbocycles. The normalized spacial score (nSPS) is 11.6. The van der Waals surface area contributed by atoms with E-state index in [1.807, 2.05) is 12.1 Å². The van der Waals surface area contributed by atoms with Crippen molar-refractivity contribution in [3.05, 3.63) is 279 Å². The van der Waals surface area contributed by atoms with E-state index in [0.29, 0.717) is 0 Å². The lowest BCUT2D eigenvalue weighted by molar-refractivity contribution is 0.670. The van der Waals surface area contributed by atoms with Gasteiger partial charge < -0.3 is 13.9 Å². The Morgan fingerprint density at radius 1 is 0.274 bits per heavy atom. The second-order valence-electron chi connectivity index (χ2n) is 18.8. The lowest BCUT2D eigenvalue weighted by atomic mass is 9.96. The lowest BCUT2D eigenvalue weighted by Crippen LogP contribution is -2.10. The molecule has 14 rings (SSSR count). The van der Waals surface area contributed by atoms with Crippen LogP contribution in [0.3, 0.4) is 0 Å². The summed E-state index contributed by atoms with van der Waals surface area (Å²) in [7, 11) is 0. The fraction of sp³-hybridized carbons (Fsp3) is 0. The number of hydrogen-bond acceptors (Lipinski definition) is 2. The molecule has 0 unspecified atom stereocenters. The maximum absolute atomic E-state index is 6.46. The Bertz CT molecular complexity index is 4300. The first-order valence-corrected chi connectivity index (χ1v) is 25.0. The summed E-state index contributed by atoms with van der Waals surface area (Å²) in [5.41, 5.74) is 20.1. The van der Waals surface area contributed by atoms with Gasteiger partial charge in [-0.05, 0) is 122 Å². The molecule has 2 heterocycles. The first kappa shape index (κ1) is 42.2. The van der Waals surface area contributed by atoms with E-state index in [-0.39, 0.29) is 0 Å². The predicted octanol–water partition coefficient (Wildman–Crippen LogP) is 19.6. The minimum absolute atomic E-state index is 0.903. The molecule has 0 bridgehead atoms. The Balaban J connectivity index is 0.869. The van der Waals surface area contributed by atoms with E-state index < -0.39 is 0 Å². The van der Waals surface area contributed by atoms with Crippen LogP contribution in [0.4, 0.5) is 17.1 Å². The van der Waals surface area contributed by atoms with Crippen LogP contribution in [0.25, 0.3) is 116 Å². The molecule has 73 heavy (non-hydrogen) atoms. The van der Waals surface area contributed by atoms with Crippen LogP contribution in [0.2, 0.25) is 0 Å². The van der Waals surface area contributed by atoms with Gasteiger partial charge in [-0.2, -0.15) is 0 Å². The van der Waals surface area contributed by atoms with Gasteiger partial charge in [0, 0.05) is 49.7 Å². The fourth-order valence-electron chi connectivity index (χ4n) is 11.1. The highest BCUT2D eigenvalue weighted by Crippen LogP contribution is 2.43. The topological polar surface area (TPSA) is 21.3 Å². The summed E-state index contributed by atoms with van der Waals surface area (Å²) in [5.74, 6) is 0. The van der Waals surface area contributed by atoms with Crippen molar-refractivity contribution in [3.8, 4) is 61.3 Å². The average Bonchev–Trinajstić information content (AvgIpc) is 4.02. The van der Waals surface area contributed by atoms with E-state index in [9.17, 15) is 0 Å². The summed E-state index contributed by atoms with van der Waals surface area (Å²) in [4.78, 5) is 2.37. The van der Waals surface area contributed by atoms with Crippen molar-refractivity contribution in [2.45, 2.75) is 0 Å². The highest BCUT2D eigenvalue weighted by Gasteiger charge is 2.19. The van der Waals surface area contributed by atoms with Crippen molar-refractivity contribution >= 4 is 71.6 Å². The Kier molecular flexibility index (Phi) is 10.2. The van der Waals surface area contributed by atoms with Gasteiger partial charge in [-0.1, -0.05) is 212 Å². The molecule has 12 aromatic carbocycles. The maximum Gasteiger partial charge on any atom is 0.143 e. The van der Waals surface area contributed by atoms with E-state index in [0.717, 1.165) is 78.1 Å². The molecule has 3 heteroatoms. The number of fused-ring (bicyclic) bond motifs is 7. The summed E-state index contributed by atoms with van der Waals surface area (Å²) in [6.07, 6.45) is 0. The van der Waals surface area contributed by atoms with E-state index in [1.165, 1.54) is 54.8 Å². The number of anilines is 3. The number of aromatic nitrogens is 1. The van der Waals surface area contributed by atoms with E-state index in [1.54, 1.807) is 0 Å². The monoisotopic (exact) mass is 930 g/mol. The van der Waals surface area contributed by atoms with Gasteiger partial charge >= 0.3 is 0 Å². The molecule has 3 nitrogen and oxygen atoms in total. The Labute approximate surface area is 423 Å². The quantitative estimate of drug-likeness (QED) is 0.144. The average molecular weight is 931 g/mol. The van der Waals surface area contributed by atoms with E-state index in [2.05, 4.69) is 276 Å². The summed E-state index contributed by atoms with van der Waals surface area (Å²) >= 11 is 0. The zero-order valence-corrected chi connectivity index (χ0v) is 39.9. The zero-order chi connectivity index (χ0) is 48.2. The first-order chi connectivity index (χ1) is 36.2. The molecule has 0 amide bonds. The van der Waals surface area contributed by atoms with Crippen molar-refractivity contribution in [2.75, 3.05) is 4.90 Å². The second-order valence-corrected chi connectivity index (χ2v) is 18.8. The Morgan fingerprint density at radius 2 is 0.740 bits per heavy atom. The number of benzene rings is 12. The number of rotatable bonds is 9. The van der Waals surface area contributed by atoms with Crippen LogP contribution < -0.4 is 4.90 Å². The van der Waals surface area contributed by atoms with Gasteiger partial charge in [0.05, 0.1) is 16.7 Å². The van der Waals surface area contributed by atoms with E-state index >= 15 is 0 Å². The predicted molar refractivity (Wildman–Crippen MR) is 307 cm³/mol. The summed E-state index contributed by atoms with van der Waals surface area (Å²) < 4.78 is 8.91. The van der Waals surface area contributed by atoms with Gasteiger partial charge in [0.1, 0.15) is 11.2 Å². The van der Waals surface area contributed by atoms with Crippen molar-refractivity contribution in [2.24, 2.45) is 0 Å². The summed E-state index contributed by atoms with van der Waals surface area (Å²) in [5, 5.41) is 7.23. The van der Waals surface area contributed by atoms with Crippen LogP contribution in [0.15, 0.2) is 283 Å². The van der Waals surface area contributed by atoms with Gasteiger partial charge in [-0.3, -0.25) is 0 Å². The minimum Gasteiger partial charge on any atom is -0.455 e. The zero-order valence-electron chi connectivity index (χ0n) is 39.9. The summed E-state index contributed by atoms with van der Waals surface area (Å²) in [6.45, 7) is 0. The molecule has 0 fully saturated rings. The lowest BCUT2D eigenvalue weighted by Gasteiger charge is -2.26. The number of para-hydroxylation sites is 4. The van der Waals surface area contributed by atoms with Crippen LogP contribution in [0.1, 0.15) is 0 Å². The Morgan fingerprint density at radius 3 is 1.45 bits per heavy atom. The van der Waals surface area contributed by atoms with Crippen molar-refractivity contribution in [1.29, 1.82) is 0 Å². The van der Waals surface area contributed by atoms with Crippen molar-refractivity contribution < 1.29 is 4.42 Å². The van der Waals surface area contributed by atoms with Crippen LogP contribution in [0.5, 0.6) is 0 Å². The minimum atomic E-state index is 0.903. The van der Waals surface area contributed by atoms with Gasteiger partial charge in [-0.25, -0.2) is 0 Å².